The molecule has 2 heteroatoms. The molecule has 0 heterocycles. The molecule has 0 unspecified atom stereocenters. The van der Waals surface area contributed by atoms with Gasteiger partial charge in [-0.15, -0.1) is 0 Å². The molecule has 0 aliphatic carbocycles. The second kappa shape index (κ2) is 10.3. The van der Waals surface area contributed by atoms with Crippen LogP contribution in [-0.4, -0.2) is 0 Å². The highest BCUT2D eigenvalue weighted by molar-refractivity contribution is 6.30. The number of hydrogen-bond donors (Lipinski definition) is 0. The Hall–Kier alpha value is -2.64. The predicted molar refractivity (Wildman–Crippen MR) is 137 cm³/mol. The molecule has 4 rings (SSSR count). The molecule has 0 amide bonds. The molecule has 4 aromatic rings. The van der Waals surface area contributed by atoms with Crippen molar-refractivity contribution in [2.75, 3.05) is 0 Å². The van der Waals surface area contributed by atoms with Gasteiger partial charge in [0.2, 0.25) is 0 Å². The number of halogens is 2. The molecule has 0 bridgehead atoms. The topological polar surface area (TPSA) is 0 Å². The van der Waals surface area contributed by atoms with Crippen LogP contribution in [0.15, 0.2) is 72.8 Å². The third-order valence-corrected chi connectivity index (χ3v) is 6.54. The highest BCUT2D eigenvalue weighted by atomic mass is 35.5. The summed E-state index contributed by atoms with van der Waals surface area (Å²) >= 11 is 6.04. The minimum absolute atomic E-state index is 0.0915. The van der Waals surface area contributed by atoms with E-state index in [4.69, 9.17) is 11.6 Å². The number of rotatable bonds is 8. The van der Waals surface area contributed by atoms with Crippen molar-refractivity contribution >= 4 is 22.4 Å². The van der Waals surface area contributed by atoms with Gasteiger partial charge in [-0.05, 0) is 71.0 Å². The van der Waals surface area contributed by atoms with Crippen molar-refractivity contribution in [2.24, 2.45) is 0 Å². The van der Waals surface area contributed by atoms with E-state index in [-0.39, 0.29) is 5.82 Å². The Balaban J connectivity index is 1.88. The zero-order valence-electron chi connectivity index (χ0n) is 18.9. The van der Waals surface area contributed by atoms with E-state index in [9.17, 15) is 0 Å². The fraction of sp³-hybridized carbons (Fsp3) is 0.267. The van der Waals surface area contributed by atoms with Crippen LogP contribution >= 0.6 is 11.6 Å². The van der Waals surface area contributed by atoms with Gasteiger partial charge in [-0.2, -0.15) is 0 Å². The summed E-state index contributed by atoms with van der Waals surface area (Å²) in [5.41, 5.74) is 6.47. The van der Waals surface area contributed by atoms with Gasteiger partial charge in [0.1, 0.15) is 5.82 Å². The Morgan fingerprint density at radius 3 is 1.72 bits per heavy atom. The van der Waals surface area contributed by atoms with Crippen LogP contribution in [0, 0.1) is 5.82 Å². The molecule has 0 fully saturated rings. The molecule has 0 aromatic heterocycles. The van der Waals surface area contributed by atoms with E-state index >= 15 is 4.39 Å². The average molecular weight is 445 g/mol. The smallest absolute Gasteiger partial charge is 0.139 e. The summed E-state index contributed by atoms with van der Waals surface area (Å²) in [6.45, 7) is 4.41. The molecule has 164 valence electrons. The number of hydrogen-bond acceptors (Lipinski definition) is 0. The third kappa shape index (κ3) is 4.59. The molecule has 0 saturated heterocycles. The molecule has 0 aliphatic rings. The van der Waals surface area contributed by atoms with E-state index in [1.807, 2.05) is 42.5 Å². The number of unbranched alkanes of at least 4 members (excludes halogenated alkanes) is 2. The Kier molecular flexibility index (Phi) is 7.27. The lowest BCUT2D eigenvalue weighted by atomic mass is 9.85. The van der Waals surface area contributed by atoms with Crippen LogP contribution in [0.5, 0.6) is 0 Å². The Morgan fingerprint density at radius 1 is 0.625 bits per heavy atom. The lowest BCUT2D eigenvalue weighted by Crippen LogP contribution is -2.03. The van der Waals surface area contributed by atoms with Crippen LogP contribution in [-0.2, 0) is 12.8 Å². The summed E-state index contributed by atoms with van der Waals surface area (Å²) in [4.78, 5) is 0. The van der Waals surface area contributed by atoms with E-state index in [1.165, 1.54) is 11.1 Å². The van der Waals surface area contributed by atoms with E-state index in [0.717, 1.165) is 76.6 Å². The first-order chi connectivity index (χ1) is 15.6. The van der Waals surface area contributed by atoms with Gasteiger partial charge in [-0.3, -0.25) is 0 Å². The normalized spacial score (nSPS) is 11.2. The Bertz CT molecular complexity index is 1190. The third-order valence-electron chi connectivity index (χ3n) is 6.29. The summed E-state index contributed by atoms with van der Waals surface area (Å²) in [5.74, 6) is -0.0915. The molecular formula is C30H30ClF. The standard InChI is InChI=1S/C30H30ClF/c1-3-5-9-25-26-11-7-8-12-28(26)30(32)29(27(25)10-6-4-2)23-15-13-21(14-16-23)22-17-19-24(31)20-18-22/h7-8,11-20H,3-6,9-10H2,1-2H3. The van der Waals surface area contributed by atoms with Gasteiger partial charge in [0.15, 0.2) is 0 Å². The molecule has 0 atom stereocenters. The molecular weight excluding hydrogens is 415 g/mol. The number of fused-ring (bicyclic) bond motifs is 1. The quantitative estimate of drug-likeness (QED) is 0.253. The Morgan fingerprint density at radius 2 is 1.12 bits per heavy atom. The van der Waals surface area contributed by atoms with Crippen molar-refractivity contribution in [3.63, 3.8) is 0 Å². The van der Waals surface area contributed by atoms with Gasteiger partial charge in [0.25, 0.3) is 0 Å². The molecule has 32 heavy (non-hydrogen) atoms. The molecule has 0 radical (unpaired) electrons. The summed E-state index contributed by atoms with van der Waals surface area (Å²) in [6.07, 6.45) is 6.30. The first kappa shape index (κ1) is 22.6. The first-order valence-electron chi connectivity index (χ1n) is 11.7. The maximum Gasteiger partial charge on any atom is 0.139 e. The zero-order valence-corrected chi connectivity index (χ0v) is 19.7. The van der Waals surface area contributed by atoms with Gasteiger partial charge in [0.05, 0.1) is 0 Å². The number of benzene rings is 4. The lowest BCUT2D eigenvalue weighted by Gasteiger charge is -2.20. The second-order valence-corrected chi connectivity index (χ2v) is 8.92. The predicted octanol–water partition coefficient (Wildman–Crippen LogP) is 9.65. The van der Waals surface area contributed by atoms with Gasteiger partial charge in [-0.25, -0.2) is 4.39 Å². The molecule has 0 saturated carbocycles. The van der Waals surface area contributed by atoms with E-state index in [1.54, 1.807) is 0 Å². The maximum atomic E-state index is 16.0. The van der Waals surface area contributed by atoms with Crippen LogP contribution in [0.25, 0.3) is 33.0 Å². The van der Waals surface area contributed by atoms with E-state index in [0.29, 0.717) is 0 Å². The van der Waals surface area contributed by atoms with Crippen molar-refractivity contribution in [2.45, 2.75) is 52.4 Å². The second-order valence-electron chi connectivity index (χ2n) is 8.48. The highest BCUT2D eigenvalue weighted by Gasteiger charge is 2.20. The molecule has 0 spiro atoms. The van der Waals surface area contributed by atoms with Crippen molar-refractivity contribution in [1.82, 2.24) is 0 Å². The number of aryl methyl sites for hydroxylation is 1. The SMILES string of the molecule is CCCCc1c(-c2ccc(-c3ccc(Cl)cc3)cc2)c(F)c2ccccc2c1CCCC. The Labute approximate surface area is 196 Å². The van der Waals surface area contributed by atoms with Crippen molar-refractivity contribution in [1.29, 1.82) is 0 Å². The molecule has 4 aromatic carbocycles. The van der Waals surface area contributed by atoms with Crippen LogP contribution < -0.4 is 0 Å². The van der Waals surface area contributed by atoms with Crippen molar-refractivity contribution in [3.8, 4) is 22.3 Å². The van der Waals surface area contributed by atoms with Gasteiger partial charge in [-0.1, -0.05) is 99.0 Å². The average Bonchev–Trinajstić information content (AvgIpc) is 2.83. The summed E-state index contributed by atoms with van der Waals surface area (Å²) in [5, 5.41) is 2.53. The van der Waals surface area contributed by atoms with Crippen LogP contribution in [0.3, 0.4) is 0 Å². The summed E-state index contributed by atoms with van der Waals surface area (Å²) in [7, 11) is 0. The monoisotopic (exact) mass is 444 g/mol. The largest absolute Gasteiger partial charge is 0.206 e. The van der Waals surface area contributed by atoms with Crippen molar-refractivity contribution in [3.05, 3.63) is 94.8 Å². The first-order valence-corrected chi connectivity index (χ1v) is 12.1. The van der Waals surface area contributed by atoms with E-state index < -0.39 is 0 Å². The van der Waals surface area contributed by atoms with Crippen LogP contribution in [0.2, 0.25) is 5.02 Å². The van der Waals surface area contributed by atoms with E-state index in [2.05, 4.69) is 44.2 Å². The van der Waals surface area contributed by atoms with Gasteiger partial charge in [0, 0.05) is 16.0 Å². The molecule has 0 N–H and O–H groups in total. The van der Waals surface area contributed by atoms with Crippen molar-refractivity contribution < 1.29 is 4.39 Å². The fourth-order valence-electron chi connectivity index (χ4n) is 4.56. The summed E-state index contributed by atoms with van der Waals surface area (Å²) < 4.78 is 16.0. The minimum Gasteiger partial charge on any atom is -0.206 e. The van der Waals surface area contributed by atoms with Gasteiger partial charge >= 0.3 is 0 Å². The van der Waals surface area contributed by atoms with Gasteiger partial charge < -0.3 is 0 Å². The van der Waals surface area contributed by atoms with Crippen LogP contribution in [0.4, 0.5) is 4.39 Å². The van der Waals surface area contributed by atoms with Crippen LogP contribution in [0.1, 0.15) is 50.7 Å². The minimum atomic E-state index is -0.0915. The highest BCUT2D eigenvalue weighted by Crippen LogP contribution is 2.38. The summed E-state index contributed by atoms with van der Waals surface area (Å²) in [6, 6.07) is 24.1. The molecule has 0 aliphatic heterocycles. The zero-order chi connectivity index (χ0) is 22.5. The lowest BCUT2D eigenvalue weighted by molar-refractivity contribution is 0.638. The maximum absolute atomic E-state index is 16.0. The fourth-order valence-corrected chi connectivity index (χ4v) is 4.69. The molecule has 0 nitrogen and oxygen atoms in total.